The Morgan fingerprint density at radius 2 is 1.49 bits per heavy atom. The van der Waals surface area contributed by atoms with Gasteiger partial charge in [-0.1, -0.05) is 29.8 Å². The molecule has 7 atom stereocenters. The minimum atomic E-state index is -1.12. The van der Waals surface area contributed by atoms with E-state index >= 15 is 0 Å². The number of ketones is 3. The summed E-state index contributed by atoms with van der Waals surface area (Å²) in [4.78, 5) is 114. The minimum absolute atomic E-state index is 0.0243. The lowest BCUT2D eigenvalue weighted by molar-refractivity contribution is -0.156. The van der Waals surface area contributed by atoms with Crippen molar-refractivity contribution in [1.82, 2.24) is 24.9 Å². The van der Waals surface area contributed by atoms with E-state index in [1.54, 1.807) is 49.4 Å². The number of hydrogen-bond donors (Lipinski definition) is 3. The molecule has 3 saturated heterocycles. The lowest BCUT2D eigenvalue weighted by Crippen LogP contribution is -2.67. The van der Waals surface area contributed by atoms with Crippen LogP contribution in [0.2, 0.25) is 0 Å². The summed E-state index contributed by atoms with van der Waals surface area (Å²) >= 11 is 0. The lowest BCUT2D eigenvalue weighted by atomic mass is 9.58. The van der Waals surface area contributed by atoms with Crippen molar-refractivity contribution in [3.63, 3.8) is 0 Å². The first-order valence-electron chi connectivity index (χ1n) is 31.1. The first kappa shape index (κ1) is 64.0. The van der Waals surface area contributed by atoms with Gasteiger partial charge in [-0.3, -0.25) is 38.5 Å². The molecule has 86 heavy (non-hydrogen) atoms. The van der Waals surface area contributed by atoms with E-state index in [1.165, 1.54) is 51.7 Å². The zero-order chi connectivity index (χ0) is 61.3. The second kappa shape index (κ2) is 28.5. The highest BCUT2D eigenvalue weighted by molar-refractivity contribution is 6.10. The number of carboxylic acids is 1. The van der Waals surface area contributed by atoms with Crippen LogP contribution in [0.4, 0.5) is 16.2 Å². The highest BCUT2D eigenvalue weighted by Gasteiger charge is 2.70. The quantitative estimate of drug-likeness (QED) is 0.0495. The molecule has 21 nitrogen and oxygen atoms in total. The van der Waals surface area contributed by atoms with Crippen LogP contribution in [0.25, 0.3) is 0 Å². The second-order valence-corrected chi connectivity index (χ2v) is 25.1. The van der Waals surface area contributed by atoms with Gasteiger partial charge >= 0.3 is 12.1 Å². The van der Waals surface area contributed by atoms with Crippen LogP contribution in [0.1, 0.15) is 137 Å². The molecule has 4 aliphatic carbocycles. The molecule has 0 bridgehead atoms. The summed E-state index contributed by atoms with van der Waals surface area (Å²) in [7, 11) is 2.01. The maximum atomic E-state index is 15.0. The summed E-state index contributed by atoms with van der Waals surface area (Å²) < 4.78 is 29.3. The number of allylic oxidation sites excluding steroid dienone is 4. The largest absolute Gasteiger partial charge is 0.480 e. The van der Waals surface area contributed by atoms with Crippen molar-refractivity contribution in [3.8, 4) is 0 Å². The smallest absolute Gasteiger partial charge is 0.410 e. The van der Waals surface area contributed by atoms with Crippen molar-refractivity contribution in [2.75, 3.05) is 122 Å². The third-order valence-corrected chi connectivity index (χ3v) is 18.2. The van der Waals surface area contributed by atoms with Gasteiger partial charge in [0.25, 0.3) is 0 Å². The van der Waals surface area contributed by atoms with E-state index < -0.39 is 41.6 Å². The predicted molar refractivity (Wildman–Crippen MR) is 321 cm³/mol. The zero-order valence-corrected chi connectivity index (χ0v) is 51.2. The molecule has 3 aliphatic heterocycles. The summed E-state index contributed by atoms with van der Waals surface area (Å²) in [6.45, 7) is 11.6. The van der Waals surface area contributed by atoms with Gasteiger partial charge < -0.3 is 59.0 Å². The summed E-state index contributed by atoms with van der Waals surface area (Å²) in [5.41, 5.74) is 7.06. The SMILES string of the molecule is CC(=O)c1cccc(NCCCOCCOCCOCCCNC(=O)C2CN(CC(=O)O)CCN2C(=O)C2CN(C(=O)OC(C)(C)C)CCN2C(=O)CCCN(C)c2ccc(C3CC45OC4CCC5C4CCC5=CC(=O)CCC5=C34)cc2)c1C(C)=O. The number of ether oxygens (including phenoxy) is 5. The Kier molecular flexibility index (Phi) is 21.2. The van der Waals surface area contributed by atoms with Crippen molar-refractivity contribution < 1.29 is 67.1 Å². The van der Waals surface area contributed by atoms with Crippen LogP contribution in [0.15, 0.2) is 65.3 Å². The molecule has 7 aliphatic rings. The number of epoxide rings is 1. The summed E-state index contributed by atoms with van der Waals surface area (Å²) in [5, 5.41) is 15.8. The Labute approximate surface area is 505 Å². The average Bonchev–Trinajstić information content (AvgIpc) is 1.52. The van der Waals surface area contributed by atoms with Crippen LogP contribution in [0.3, 0.4) is 0 Å². The van der Waals surface area contributed by atoms with Crippen LogP contribution in [0.5, 0.6) is 0 Å². The number of carbonyl (C=O) groups is 8. The van der Waals surface area contributed by atoms with Crippen molar-refractivity contribution in [1.29, 1.82) is 0 Å². The molecule has 9 rings (SSSR count). The fourth-order valence-electron chi connectivity index (χ4n) is 14.1. The molecule has 468 valence electrons. The molecule has 1 spiro atoms. The van der Waals surface area contributed by atoms with Crippen molar-refractivity contribution >= 4 is 58.5 Å². The first-order valence-corrected chi connectivity index (χ1v) is 31.1. The van der Waals surface area contributed by atoms with Gasteiger partial charge in [0, 0.05) is 108 Å². The van der Waals surface area contributed by atoms with E-state index in [0.29, 0.717) is 113 Å². The molecule has 5 fully saturated rings. The van der Waals surface area contributed by atoms with Crippen LogP contribution in [0, 0.1) is 11.8 Å². The number of Topliss-reactive ketones (excluding diaryl/α,β-unsaturated/α-hetero) is 2. The topological polar surface area (TPSA) is 246 Å². The minimum Gasteiger partial charge on any atom is -0.480 e. The van der Waals surface area contributed by atoms with Gasteiger partial charge in [-0.15, -0.1) is 0 Å². The third kappa shape index (κ3) is 15.4. The van der Waals surface area contributed by atoms with Gasteiger partial charge in [0.05, 0.1) is 56.8 Å². The number of fused-ring (bicyclic) bond motifs is 3. The van der Waals surface area contributed by atoms with E-state index in [9.17, 15) is 43.5 Å². The fraction of sp³-hybridized carbons (Fsp3) is 0.631. The summed E-state index contributed by atoms with van der Waals surface area (Å²) in [5.74, 6) is -1.13. The number of carbonyl (C=O) groups excluding carboxylic acids is 7. The van der Waals surface area contributed by atoms with E-state index in [0.717, 1.165) is 37.8 Å². The number of nitrogens with one attached hydrogen (secondary N) is 2. The number of carboxylic acid groups (broad SMARTS) is 1. The van der Waals surface area contributed by atoms with E-state index in [2.05, 4.69) is 39.8 Å². The van der Waals surface area contributed by atoms with Gasteiger partial charge in [0.2, 0.25) is 17.7 Å². The number of nitrogens with zero attached hydrogens (tertiary/aromatic N) is 5. The van der Waals surface area contributed by atoms with E-state index in [1.807, 2.05) is 13.1 Å². The maximum absolute atomic E-state index is 15.0. The third-order valence-electron chi connectivity index (χ3n) is 18.2. The molecule has 3 heterocycles. The Balaban J connectivity index is 0.746. The highest BCUT2D eigenvalue weighted by atomic mass is 16.6. The van der Waals surface area contributed by atoms with Crippen LogP contribution < -0.4 is 15.5 Å². The number of anilines is 2. The number of piperazine rings is 2. The Morgan fingerprint density at radius 1 is 0.779 bits per heavy atom. The van der Waals surface area contributed by atoms with Crippen LogP contribution in [-0.4, -0.2) is 213 Å². The molecule has 0 aromatic heterocycles. The molecule has 2 saturated carbocycles. The van der Waals surface area contributed by atoms with Crippen LogP contribution >= 0.6 is 0 Å². The average molecular weight is 1190 g/mol. The standard InChI is InChI=1S/C65H89N7O14/c1-42(73)48-11-7-12-53(59(48)43(2)74)66-24-9-31-82-33-35-84-36-34-83-32-10-25-67-61(79)54-39-69(41-58(77)78)27-29-72(54)62(80)55-40-70(63(81)86-64(3,4)5)28-30-71(55)57(76)13-8-26-68(6)46-17-14-44(15-18-46)51-38-65-52(22-23-56(65)85-65)50-20-16-45-37-47(75)19-21-49(45)60(50)51/h7,11-12,14-15,17-18,37,50-52,54-56,66H,8-10,13,16,19-36,38-41H2,1-6H3,(H,67,79)(H,77,78). The fourth-order valence-corrected chi connectivity index (χ4v) is 14.1. The molecule has 7 unspecified atom stereocenters. The molecule has 2 aromatic rings. The van der Waals surface area contributed by atoms with Crippen molar-refractivity contribution in [2.45, 2.75) is 141 Å². The zero-order valence-electron chi connectivity index (χ0n) is 51.2. The predicted octanol–water partition coefficient (Wildman–Crippen LogP) is 6.44. The summed E-state index contributed by atoms with van der Waals surface area (Å²) in [6.07, 6.45) is 10.2. The highest BCUT2D eigenvalue weighted by Crippen LogP contribution is 2.68. The molecule has 3 N–H and O–H groups in total. The Hall–Kier alpha value is -6.52. The molecule has 4 amide bonds. The van der Waals surface area contributed by atoms with Crippen molar-refractivity contribution in [3.05, 3.63) is 82.0 Å². The van der Waals surface area contributed by atoms with Gasteiger partial charge in [-0.05, 0) is 145 Å². The van der Waals surface area contributed by atoms with E-state index in [4.69, 9.17) is 23.7 Å². The van der Waals surface area contributed by atoms with Gasteiger partial charge in [-0.25, -0.2) is 4.79 Å². The number of amides is 4. The van der Waals surface area contributed by atoms with Crippen LogP contribution in [-0.2, 0) is 47.7 Å². The number of hydrogen-bond acceptors (Lipinski definition) is 16. The first-order chi connectivity index (χ1) is 41.2. The molecule has 2 aromatic carbocycles. The second-order valence-electron chi connectivity index (χ2n) is 25.1. The molecular formula is C65H89N7O14. The number of rotatable bonds is 27. The lowest BCUT2D eigenvalue weighted by Gasteiger charge is -2.46. The Morgan fingerprint density at radius 3 is 2.17 bits per heavy atom. The van der Waals surface area contributed by atoms with Gasteiger partial charge in [-0.2, -0.15) is 0 Å². The van der Waals surface area contributed by atoms with Crippen molar-refractivity contribution in [2.24, 2.45) is 11.8 Å². The summed E-state index contributed by atoms with van der Waals surface area (Å²) in [6, 6.07) is 11.8. The normalized spacial score (nSPS) is 24.4. The molecular weight excluding hydrogens is 1100 g/mol. The Bertz CT molecular complexity index is 2900. The van der Waals surface area contributed by atoms with E-state index in [-0.39, 0.29) is 93.6 Å². The van der Waals surface area contributed by atoms with Gasteiger partial charge in [0.15, 0.2) is 17.3 Å². The van der Waals surface area contributed by atoms with Gasteiger partial charge in [0.1, 0.15) is 17.7 Å². The maximum Gasteiger partial charge on any atom is 0.410 e. The number of aliphatic carboxylic acids is 1. The molecule has 21 heteroatoms. The number of benzene rings is 2. The monoisotopic (exact) mass is 1190 g/mol. The molecule has 0 radical (unpaired) electrons.